The van der Waals surface area contributed by atoms with Gasteiger partial charge in [-0.25, -0.2) is 14.4 Å². The van der Waals surface area contributed by atoms with Crippen molar-refractivity contribution in [2.45, 2.75) is 13.5 Å². The van der Waals surface area contributed by atoms with E-state index in [9.17, 15) is 9.18 Å². The molecule has 202 valence electrons. The number of amides is 1. The fourth-order valence-electron chi connectivity index (χ4n) is 3.67. The largest absolute Gasteiger partial charge is 0.492 e. The first-order valence-electron chi connectivity index (χ1n) is 13.6. The lowest BCUT2D eigenvalue weighted by Gasteiger charge is -2.15. The Balaban J connectivity index is 1.53. The smallest absolute Gasteiger partial charge is 0.248 e. The summed E-state index contributed by atoms with van der Waals surface area (Å²) in [7, 11) is 1.45. The molecule has 0 saturated carbocycles. The Morgan fingerprint density at radius 3 is 2.79 bits per heavy atom. The van der Waals surface area contributed by atoms with Crippen LogP contribution in [0.15, 0.2) is 73.1 Å². The quantitative estimate of drug-likeness (QED) is 0.214. The van der Waals surface area contributed by atoms with E-state index in [0.717, 1.165) is 4.90 Å². The van der Waals surface area contributed by atoms with Gasteiger partial charge >= 0.3 is 0 Å². The summed E-state index contributed by atoms with van der Waals surface area (Å²) in [5.41, 5.74) is 2.26. The van der Waals surface area contributed by atoms with Gasteiger partial charge in [-0.15, -0.1) is 0 Å². The van der Waals surface area contributed by atoms with Crippen molar-refractivity contribution >= 4 is 45.6 Å². The van der Waals surface area contributed by atoms with E-state index in [1.165, 1.54) is 37.7 Å². The molecule has 39 heavy (non-hydrogen) atoms. The molecule has 0 aliphatic heterocycles. The van der Waals surface area contributed by atoms with Crippen LogP contribution in [0.1, 0.15) is 16.6 Å². The number of hydrogen-bond acceptors (Lipinski definition) is 7. The van der Waals surface area contributed by atoms with Gasteiger partial charge in [0.2, 0.25) is 5.91 Å². The van der Waals surface area contributed by atoms with Gasteiger partial charge in [0, 0.05) is 33.9 Å². The van der Waals surface area contributed by atoms with Gasteiger partial charge in [0.1, 0.15) is 36.1 Å². The van der Waals surface area contributed by atoms with Gasteiger partial charge in [-0.3, -0.25) is 4.79 Å². The number of anilines is 3. The van der Waals surface area contributed by atoms with Crippen molar-refractivity contribution in [1.82, 2.24) is 14.9 Å². The van der Waals surface area contributed by atoms with E-state index in [1.807, 2.05) is 6.92 Å². The molecule has 1 amide bonds. The van der Waals surface area contributed by atoms with E-state index in [1.54, 1.807) is 42.5 Å². The summed E-state index contributed by atoms with van der Waals surface area (Å²) in [6.07, 6.45) is 4.14. The zero-order valence-corrected chi connectivity index (χ0v) is 22.1. The Labute approximate surface area is 235 Å². The Morgan fingerprint density at radius 2 is 2.03 bits per heavy atom. The first-order valence-corrected chi connectivity index (χ1v) is 12.5. The third-order valence-electron chi connectivity index (χ3n) is 5.42. The molecule has 0 fully saturated rings. The van der Waals surface area contributed by atoms with Crippen molar-refractivity contribution in [1.29, 1.82) is 0 Å². The van der Waals surface area contributed by atoms with Crippen molar-refractivity contribution in [3.8, 4) is 11.5 Å². The van der Waals surface area contributed by atoms with Gasteiger partial charge in [0.15, 0.2) is 0 Å². The fraction of sp³-hybridized carbons (Fsp3) is 0.207. The van der Waals surface area contributed by atoms with E-state index in [-0.39, 0.29) is 19.0 Å². The van der Waals surface area contributed by atoms with E-state index < -0.39 is 12.9 Å². The monoisotopic (exact) mass is 552 g/mol. The second kappa shape index (κ2) is 13.0. The van der Waals surface area contributed by atoms with Crippen molar-refractivity contribution < 1.29 is 22.8 Å². The van der Waals surface area contributed by atoms with Gasteiger partial charge in [0.25, 0.3) is 0 Å². The number of fused-ring (bicyclic) bond motifs is 1. The molecule has 0 radical (unpaired) electrons. The van der Waals surface area contributed by atoms with Gasteiger partial charge in [-0.2, -0.15) is 0 Å². The summed E-state index contributed by atoms with van der Waals surface area (Å²) in [4.78, 5) is 22.5. The van der Waals surface area contributed by atoms with Crippen LogP contribution in [0.2, 0.25) is 5.02 Å². The van der Waals surface area contributed by atoms with Gasteiger partial charge in [0.05, 0.1) is 22.8 Å². The minimum absolute atomic E-state index is 0.0685. The van der Waals surface area contributed by atoms with E-state index in [4.69, 9.17) is 25.2 Å². The Bertz CT molecular complexity index is 1600. The molecule has 4 rings (SSSR count). The Kier molecular flexibility index (Phi) is 7.98. The summed E-state index contributed by atoms with van der Waals surface area (Å²) >= 11 is 6.46. The predicted molar refractivity (Wildman–Crippen MR) is 152 cm³/mol. The highest BCUT2D eigenvalue weighted by molar-refractivity contribution is 6.32. The summed E-state index contributed by atoms with van der Waals surface area (Å²) in [6.45, 7) is 0.144. The van der Waals surface area contributed by atoms with Crippen LogP contribution in [0.25, 0.3) is 10.9 Å². The molecule has 10 heteroatoms. The SMILES string of the molecule is [2H]C([2H])([2H])N(C)C/C=C/C(=O)Nc1cc2c(Nc3ccc(OCc4cccc(F)c4)c(Cl)c3)ncnc2cc1OCC. The lowest BCUT2D eigenvalue weighted by atomic mass is 10.1. The van der Waals surface area contributed by atoms with Crippen LogP contribution in [0.5, 0.6) is 11.5 Å². The van der Waals surface area contributed by atoms with E-state index in [0.29, 0.717) is 56.8 Å². The zero-order valence-electron chi connectivity index (χ0n) is 24.4. The summed E-state index contributed by atoms with van der Waals surface area (Å²) in [5, 5.41) is 6.95. The minimum atomic E-state index is -2.26. The number of benzene rings is 3. The molecule has 0 saturated heterocycles. The molecule has 8 nitrogen and oxygen atoms in total. The number of aromatic nitrogens is 2. The summed E-state index contributed by atoms with van der Waals surface area (Å²) in [5.74, 6) is 0.506. The summed E-state index contributed by atoms with van der Waals surface area (Å²) < 4.78 is 47.1. The van der Waals surface area contributed by atoms with Crippen LogP contribution in [0.4, 0.5) is 21.6 Å². The standard InChI is InChI=1S/C29H29ClFN5O3/c1-4-38-27-16-24-22(15-25(27)35-28(37)9-6-12-36(2)3)29(33-18-32-24)34-21-10-11-26(23(30)14-21)39-17-19-7-5-8-20(31)13-19/h5-11,13-16,18H,4,12,17H2,1-3H3,(H,35,37)(H,32,33,34)/b9-6+/i2D3. The van der Waals surface area contributed by atoms with Crippen LogP contribution in [-0.4, -0.2) is 48.0 Å². The second-order valence-corrected chi connectivity index (χ2v) is 8.89. The van der Waals surface area contributed by atoms with Crippen molar-refractivity contribution in [3.63, 3.8) is 0 Å². The molecule has 0 atom stereocenters. The zero-order chi connectivity index (χ0) is 30.3. The number of carbonyl (C=O) groups excluding carboxylic acids is 1. The van der Waals surface area contributed by atoms with Crippen LogP contribution in [0, 0.1) is 5.82 Å². The number of ether oxygens (including phenoxy) is 2. The maximum absolute atomic E-state index is 13.5. The summed E-state index contributed by atoms with van der Waals surface area (Å²) in [6, 6.07) is 14.7. The molecule has 0 aliphatic carbocycles. The van der Waals surface area contributed by atoms with Gasteiger partial charge in [-0.1, -0.05) is 29.8 Å². The van der Waals surface area contributed by atoms with Gasteiger partial charge < -0.3 is 25.0 Å². The van der Waals surface area contributed by atoms with Crippen LogP contribution >= 0.6 is 11.6 Å². The molecular formula is C29H29ClFN5O3. The average molecular weight is 553 g/mol. The fourth-order valence-corrected chi connectivity index (χ4v) is 3.90. The maximum Gasteiger partial charge on any atom is 0.248 e. The number of rotatable bonds is 11. The highest BCUT2D eigenvalue weighted by Crippen LogP contribution is 2.35. The molecule has 1 heterocycles. The molecule has 0 aliphatic rings. The van der Waals surface area contributed by atoms with Gasteiger partial charge in [-0.05, 0) is 62.9 Å². The van der Waals surface area contributed by atoms with Crippen LogP contribution in [0.3, 0.4) is 0 Å². The minimum Gasteiger partial charge on any atom is -0.492 e. The van der Waals surface area contributed by atoms with Crippen molar-refractivity contribution in [2.75, 3.05) is 37.8 Å². The van der Waals surface area contributed by atoms with Crippen molar-refractivity contribution in [2.24, 2.45) is 0 Å². The second-order valence-electron chi connectivity index (χ2n) is 8.48. The molecule has 0 unspecified atom stereocenters. The normalized spacial score (nSPS) is 12.7. The third-order valence-corrected chi connectivity index (χ3v) is 5.72. The molecule has 4 aromatic rings. The molecule has 2 N–H and O–H groups in total. The predicted octanol–water partition coefficient (Wildman–Crippen LogP) is 6.20. The van der Waals surface area contributed by atoms with Crippen LogP contribution in [-0.2, 0) is 11.4 Å². The highest BCUT2D eigenvalue weighted by Gasteiger charge is 2.14. The number of nitrogens with zero attached hydrogens (tertiary/aromatic N) is 3. The molecular weight excluding hydrogens is 521 g/mol. The van der Waals surface area contributed by atoms with Crippen molar-refractivity contribution in [3.05, 3.63) is 89.5 Å². The number of carbonyl (C=O) groups is 1. The number of halogens is 2. The Hall–Kier alpha value is -4.21. The van der Waals surface area contributed by atoms with Crippen LogP contribution < -0.4 is 20.1 Å². The molecule has 1 aromatic heterocycles. The average Bonchev–Trinajstić information content (AvgIpc) is 2.93. The molecule has 0 spiro atoms. The maximum atomic E-state index is 13.5. The number of nitrogens with one attached hydrogen (secondary N) is 2. The first kappa shape index (κ1) is 23.9. The lowest BCUT2D eigenvalue weighted by molar-refractivity contribution is -0.111. The highest BCUT2D eigenvalue weighted by atomic mass is 35.5. The van der Waals surface area contributed by atoms with E-state index >= 15 is 0 Å². The molecule has 3 aromatic carbocycles. The number of likely N-dealkylation sites (N-methyl/N-ethyl adjacent to an activating group) is 1. The Morgan fingerprint density at radius 1 is 1.15 bits per heavy atom. The topological polar surface area (TPSA) is 88.6 Å². The first-order chi connectivity index (χ1) is 20.0. The van der Waals surface area contributed by atoms with E-state index in [2.05, 4.69) is 20.6 Å². The lowest BCUT2D eigenvalue weighted by Crippen LogP contribution is -2.13. The third kappa shape index (κ3) is 7.66. The molecule has 0 bridgehead atoms. The number of hydrogen-bond donors (Lipinski definition) is 2.